The van der Waals surface area contributed by atoms with Crippen molar-refractivity contribution >= 4 is 15.9 Å². The van der Waals surface area contributed by atoms with Gasteiger partial charge in [-0.25, -0.2) is 8.42 Å². The van der Waals surface area contributed by atoms with Gasteiger partial charge in [0, 0.05) is 37.8 Å². The Morgan fingerprint density at radius 1 is 1.12 bits per heavy atom. The smallest absolute Gasteiger partial charge is 0.251 e. The Morgan fingerprint density at radius 3 is 2.54 bits per heavy atom. The molecule has 0 aromatic heterocycles. The van der Waals surface area contributed by atoms with E-state index in [4.69, 9.17) is 0 Å². The number of sulfonamides is 1. The number of amides is 1. The van der Waals surface area contributed by atoms with Crippen LogP contribution in [0.3, 0.4) is 0 Å². The van der Waals surface area contributed by atoms with Gasteiger partial charge in [0.2, 0.25) is 10.0 Å². The van der Waals surface area contributed by atoms with E-state index in [1.165, 1.54) is 29.6 Å². The summed E-state index contributed by atoms with van der Waals surface area (Å²) in [6.45, 7) is 2.42. The Morgan fingerprint density at radius 2 is 1.88 bits per heavy atom. The first-order chi connectivity index (χ1) is 12.4. The van der Waals surface area contributed by atoms with Crippen LogP contribution in [0.2, 0.25) is 0 Å². The van der Waals surface area contributed by atoms with Crippen molar-refractivity contribution in [3.63, 3.8) is 0 Å². The molecule has 4 rings (SSSR count). The minimum atomic E-state index is -3.55. The van der Waals surface area contributed by atoms with Crippen molar-refractivity contribution in [2.24, 2.45) is 11.8 Å². The largest absolute Gasteiger partial charge is 0.349 e. The van der Waals surface area contributed by atoms with Gasteiger partial charge in [-0.15, -0.1) is 0 Å². The predicted octanol–water partition coefficient (Wildman–Crippen LogP) is 1.54. The third-order valence-electron chi connectivity index (χ3n) is 6.25. The van der Waals surface area contributed by atoms with Crippen LogP contribution in [-0.4, -0.2) is 62.8 Å². The van der Waals surface area contributed by atoms with E-state index < -0.39 is 10.0 Å². The summed E-state index contributed by atoms with van der Waals surface area (Å²) < 4.78 is 27.3. The average molecular weight is 378 g/mol. The molecule has 142 valence electrons. The third kappa shape index (κ3) is 3.40. The number of nitrogens with one attached hydrogen (secondary N) is 1. The number of carbonyl (C=O) groups excluding carboxylic acids is 1. The molecule has 1 amide bonds. The lowest BCUT2D eigenvalue weighted by molar-refractivity contribution is 0.0922. The van der Waals surface area contributed by atoms with Gasteiger partial charge >= 0.3 is 0 Å². The van der Waals surface area contributed by atoms with E-state index in [1.807, 2.05) is 7.05 Å². The summed E-state index contributed by atoms with van der Waals surface area (Å²) in [5.41, 5.74) is 0.433. The highest BCUT2D eigenvalue weighted by molar-refractivity contribution is 7.89. The number of hydrogen-bond acceptors (Lipinski definition) is 4. The molecule has 2 saturated carbocycles. The van der Waals surface area contributed by atoms with Crippen LogP contribution in [0.1, 0.15) is 36.0 Å². The maximum Gasteiger partial charge on any atom is 0.251 e. The Labute approximate surface area is 155 Å². The molecule has 0 spiro atoms. The van der Waals surface area contributed by atoms with Crippen LogP contribution < -0.4 is 5.32 Å². The highest BCUT2D eigenvalue weighted by Gasteiger charge is 2.40. The van der Waals surface area contributed by atoms with Gasteiger partial charge in [0.15, 0.2) is 0 Å². The van der Waals surface area contributed by atoms with Gasteiger partial charge in [-0.05, 0) is 56.3 Å². The summed E-state index contributed by atoms with van der Waals surface area (Å²) in [5.74, 6) is 1.20. The molecule has 1 aliphatic heterocycles. The maximum absolute atomic E-state index is 12.9. The average Bonchev–Trinajstić information content (AvgIpc) is 3.25. The first kappa shape index (κ1) is 17.9. The molecule has 1 heterocycles. The molecule has 3 fully saturated rings. The highest BCUT2D eigenvalue weighted by atomic mass is 32.2. The lowest BCUT2D eigenvalue weighted by Gasteiger charge is -2.31. The van der Waals surface area contributed by atoms with Crippen LogP contribution in [0.5, 0.6) is 0 Å². The third-order valence-corrected chi connectivity index (χ3v) is 8.15. The fourth-order valence-electron chi connectivity index (χ4n) is 4.65. The summed E-state index contributed by atoms with van der Waals surface area (Å²) in [5, 5.41) is 3.14. The van der Waals surface area contributed by atoms with E-state index >= 15 is 0 Å². The number of piperazine rings is 1. The second kappa shape index (κ2) is 6.94. The molecule has 7 heteroatoms. The number of rotatable bonds is 4. The molecule has 1 aromatic rings. The Balaban J connectivity index is 1.48. The standard InChI is InChI=1S/C19H27N3O3S/c1-21-7-9-22(10-8-21)26(24,25)17-4-2-3-16(13-17)19(23)20-18-12-14-5-6-15(18)11-14/h2-4,13-15,18H,5-12H2,1H3,(H,20,23)/t14-,15-,18+/m0/s1. The first-order valence-electron chi connectivity index (χ1n) is 9.53. The molecular formula is C19H27N3O3S. The van der Waals surface area contributed by atoms with Crippen LogP contribution >= 0.6 is 0 Å². The molecule has 26 heavy (non-hydrogen) atoms. The van der Waals surface area contributed by atoms with Gasteiger partial charge in [0.25, 0.3) is 5.91 Å². The SMILES string of the molecule is CN1CCN(S(=O)(=O)c2cccc(C(=O)N[C@@H]3C[C@H]4CC[C@H]3C4)c2)CC1. The van der Waals surface area contributed by atoms with E-state index in [0.29, 0.717) is 24.6 Å². The number of nitrogens with zero attached hydrogens (tertiary/aromatic N) is 2. The number of likely N-dealkylation sites (N-methyl/N-ethyl adjacent to an activating group) is 1. The number of fused-ring (bicyclic) bond motifs is 2. The molecule has 2 bridgehead atoms. The molecule has 1 N–H and O–H groups in total. The number of carbonyl (C=O) groups is 1. The zero-order valence-electron chi connectivity index (χ0n) is 15.2. The van der Waals surface area contributed by atoms with E-state index in [-0.39, 0.29) is 16.8 Å². The van der Waals surface area contributed by atoms with Crippen molar-refractivity contribution < 1.29 is 13.2 Å². The minimum Gasteiger partial charge on any atom is -0.349 e. The topological polar surface area (TPSA) is 69.7 Å². The van der Waals surface area contributed by atoms with Crippen molar-refractivity contribution in [2.45, 2.75) is 36.6 Å². The summed E-state index contributed by atoms with van der Waals surface area (Å²) >= 11 is 0. The van der Waals surface area contributed by atoms with E-state index in [1.54, 1.807) is 18.2 Å². The van der Waals surface area contributed by atoms with Gasteiger partial charge in [0.05, 0.1) is 4.90 Å². The quantitative estimate of drug-likeness (QED) is 0.864. The van der Waals surface area contributed by atoms with Gasteiger partial charge in [-0.2, -0.15) is 4.31 Å². The summed E-state index contributed by atoms with van der Waals surface area (Å²) in [4.78, 5) is 15.0. The molecule has 6 nitrogen and oxygen atoms in total. The Kier molecular flexibility index (Phi) is 4.79. The monoisotopic (exact) mass is 377 g/mol. The fraction of sp³-hybridized carbons (Fsp3) is 0.632. The summed E-state index contributed by atoms with van der Waals surface area (Å²) in [7, 11) is -1.56. The van der Waals surface area contributed by atoms with Crippen molar-refractivity contribution in [3.05, 3.63) is 29.8 Å². The minimum absolute atomic E-state index is 0.155. The van der Waals surface area contributed by atoms with Crippen LogP contribution in [-0.2, 0) is 10.0 Å². The number of benzene rings is 1. The lowest BCUT2D eigenvalue weighted by Crippen LogP contribution is -2.47. The molecular weight excluding hydrogens is 350 g/mol. The van der Waals surface area contributed by atoms with Crippen molar-refractivity contribution in [2.75, 3.05) is 33.2 Å². The molecule has 0 unspecified atom stereocenters. The number of hydrogen-bond donors (Lipinski definition) is 1. The van der Waals surface area contributed by atoms with Gasteiger partial charge in [0.1, 0.15) is 0 Å². The van der Waals surface area contributed by atoms with E-state index in [0.717, 1.165) is 25.4 Å². The zero-order chi connectivity index (χ0) is 18.3. The molecule has 0 radical (unpaired) electrons. The molecule has 1 aromatic carbocycles. The van der Waals surface area contributed by atoms with Crippen LogP contribution in [0.15, 0.2) is 29.2 Å². The van der Waals surface area contributed by atoms with Crippen molar-refractivity contribution in [1.82, 2.24) is 14.5 Å². The van der Waals surface area contributed by atoms with Gasteiger partial charge in [-0.1, -0.05) is 12.5 Å². The fourth-order valence-corrected chi connectivity index (χ4v) is 6.12. The van der Waals surface area contributed by atoms with Crippen LogP contribution in [0.4, 0.5) is 0 Å². The summed E-state index contributed by atoms with van der Waals surface area (Å²) in [6, 6.07) is 6.72. The first-order valence-corrected chi connectivity index (χ1v) is 11.0. The summed E-state index contributed by atoms with van der Waals surface area (Å²) in [6.07, 6.45) is 4.78. The van der Waals surface area contributed by atoms with E-state index in [9.17, 15) is 13.2 Å². The van der Waals surface area contributed by atoms with Crippen molar-refractivity contribution in [1.29, 1.82) is 0 Å². The zero-order valence-corrected chi connectivity index (χ0v) is 16.0. The molecule has 3 aliphatic rings. The molecule has 1 saturated heterocycles. The van der Waals surface area contributed by atoms with Crippen LogP contribution in [0.25, 0.3) is 0 Å². The Bertz CT molecular complexity index is 787. The lowest BCUT2D eigenvalue weighted by atomic mass is 9.95. The van der Waals surface area contributed by atoms with Gasteiger partial charge in [-0.3, -0.25) is 4.79 Å². The van der Waals surface area contributed by atoms with Gasteiger partial charge < -0.3 is 10.2 Å². The predicted molar refractivity (Wildman–Crippen MR) is 99.4 cm³/mol. The van der Waals surface area contributed by atoms with E-state index in [2.05, 4.69) is 10.2 Å². The molecule has 3 atom stereocenters. The second-order valence-electron chi connectivity index (χ2n) is 7.99. The normalized spacial score (nSPS) is 29.8. The van der Waals surface area contributed by atoms with Crippen molar-refractivity contribution in [3.8, 4) is 0 Å². The maximum atomic E-state index is 12.9. The highest BCUT2D eigenvalue weighted by Crippen LogP contribution is 2.44. The Hall–Kier alpha value is -1.44. The second-order valence-corrected chi connectivity index (χ2v) is 9.93. The van der Waals surface area contributed by atoms with Crippen LogP contribution in [0, 0.1) is 11.8 Å². The molecule has 2 aliphatic carbocycles.